The summed E-state index contributed by atoms with van der Waals surface area (Å²) in [7, 11) is 0. The molecule has 2 N–H and O–H groups in total. The van der Waals surface area contributed by atoms with Crippen molar-refractivity contribution < 1.29 is 38.1 Å². The zero-order chi connectivity index (χ0) is 42.6. The normalized spacial score (nSPS) is 15.8. The number of carbonyl (C=O) groups excluding carboxylic acids is 2. The minimum absolute atomic E-state index is 0.0107. The second kappa shape index (κ2) is 17.8. The Morgan fingerprint density at radius 3 is 2.23 bits per heavy atom. The van der Waals surface area contributed by atoms with Crippen molar-refractivity contribution in [2.24, 2.45) is 0 Å². The molecule has 0 aliphatic carbocycles. The van der Waals surface area contributed by atoms with Gasteiger partial charge in [0.25, 0.3) is 5.91 Å². The van der Waals surface area contributed by atoms with Gasteiger partial charge in [-0.05, 0) is 99.6 Å². The van der Waals surface area contributed by atoms with E-state index < -0.39 is 41.8 Å². The molecule has 2 aliphatic rings. The number of rotatable bonds is 11. The van der Waals surface area contributed by atoms with Gasteiger partial charge in [-0.1, -0.05) is 89.9 Å². The molecular formula is C48H36Cl2FN3O7. The summed E-state index contributed by atoms with van der Waals surface area (Å²) in [4.78, 5) is 42.0. The first-order valence-corrected chi connectivity index (χ1v) is 20.1. The third-order valence-electron chi connectivity index (χ3n) is 10.7. The quantitative estimate of drug-likeness (QED) is 0.132. The highest BCUT2D eigenvalue weighted by Gasteiger charge is 2.39. The van der Waals surface area contributed by atoms with Crippen LogP contribution in [0.2, 0.25) is 10.0 Å². The van der Waals surface area contributed by atoms with Gasteiger partial charge in [-0.3, -0.25) is 9.59 Å². The number of halogens is 3. The van der Waals surface area contributed by atoms with E-state index in [1.165, 1.54) is 29.2 Å². The minimum atomic E-state index is -1.33. The topological polar surface area (TPSA) is 138 Å². The second-order valence-electron chi connectivity index (χ2n) is 14.7. The van der Waals surface area contributed by atoms with Gasteiger partial charge in [-0.15, -0.1) is 0 Å². The van der Waals surface area contributed by atoms with Crippen molar-refractivity contribution in [1.29, 1.82) is 5.26 Å². The number of ether oxygens (including phenoxy) is 3. The molecule has 0 aromatic heterocycles. The van der Waals surface area contributed by atoms with E-state index in [0.717, 1.165) is 22.3 Å². The van der Waals surface area contributed by atoms with E-state index in [1.807, 2.05) is 54.6 Å². The van der Waals surface area contributed by atoms with Gasteiger partial charge in [-0.2, -0.15) is 5.26 Å². The zero-order valence-electron chi connectivity index (χ0n) is 32.3. The van der Waals surface area contributed by atoms with Gasteiger partial charge < -0.3 is 29.5 Å². The predicted octanol–water partition coefficient (Wildman–Crippen LogP) is 9.14. The Kier molecular flexibility index (Phi) is 11.9. The molecule has 3 unspecified atom stereocenters. The van der Waals surface area contributed by atoms with Crippen molar-refractivity contribution in [3.05, 3.63) is 182 Å². The van der Waals surface area contributed by atoms with Gasteiger partial charge in [0, 0.05) is 19.4 Å². The van der Waals surface area contributed by atoms with Crippen LogP contribution in [0.4, 0.5) is 4.39 Å². The van der Waals surface area contributed by atoms with Crippen molar-refractivity contribution in [2.45, 2.75) is 44.2 Å². The zero-order valence-corrected chi connectivity index (χ0v) is 33.8. The molecular weight excluding hydrogens is 820 g/mol. The van der Waals surface area contributed by atoms with E-state index in [1.54, 1.807) is 48.5 Å². The molecule has 8 rings (SSSR count). The van der Waals surface area contributed by atoms with Gasteiger partial charge in [0.05, 0.1) is 27.2 Å². The van der Waals surface area contributed by atoms with Crippen LogP contribution >= 0.6 is 23.2 Å². The first-order valence-electron chi connectivity index (χ1n) is 19.3. The smallest absolute Gasteiger partial charge is 0.326 e. The number of hydrogen-bond acceptors (Lipinski definition) is 7. The van der Waals surface area contributed by atoms with Crippen LogP contribution in [0, 0.1) is 17.1 Å². The molecule has 13 heteroatoms. The molecule has 0 radical (unpaired) electrons. The van der Waals surface area contributed by atoms with Crippen LogP contribution in [-0.4, -0.2) is 46.5 Å². The molecule has 2 heterocycles. The van der Waals surface area contributed by atoms with Crippen molar-refractivity contribution in [1.82, 2.24) is 10.2 Å². The maximum absolute atomic E-state index is 15.1. The number of nitrogens with zero attached hydrogens (tertiary/aromatic N) is 2. The monoisotopic (exact) mass is 855 g/mol. The second-order valence-corrected chi connectivity index (χ2v) is 15.5. The van der Waals surface area contributed by atoms with Crippen molar-refractivity contribution >= 4 is 41.0 Å². The lowest BCUT2D eigenvalue weighted by atomic mass is 9.91. The summed E-state index contributed by atoms with van der Waals surface area (Å²) >= 11 is 12.2. The van der Waals surface area contributed by atoms with Crippen LogP contribution in [0.5, 0.6) is 17.2 Å². The summed E-state index contributed by atoms with van der Waals surface area (Å²) in [5.41, 5.74) is 5.81. The largest absolute Gasteiger partial charge is 0.489 e. The molecule has 0 fully saturated rings. The van der Waals surface area contributed by atoms with Gasteiger partial charge in [-0.25, -0.2) is 9.18 Å². The van der Waals surface area contributed by atoms with Gasteiger partial charge in [0.15, 0.2) is 17.6 Å². The summed E-state index contributed by atoms with van der Waals surface area (Å²) in [5, 5.41) is 22.9. The van der Waals surface area contributed by atoms with Crippen molar-refractivity contribution in [3.63, 3.8) is 0 Å². The highest BCUT2D eigenvalue weighted by molar-refractivity contribution is 6.42. The Morgan fingerprint density at radius 1 is 0.852 bits per heavy atom. The molecule has 0 saturated heterocycles. The lowest BCUT2D eigenvalue weighted by Gasteiger charge is -2.37. The SMILES string of the molecule is N#Cc1ccc(-c2ccc(CC(NC(=O)C3Cc4cc5c(cc4CN3C(=O)c3ccccc3F)OC(c3ccc(OCc4ccc(Cl)c(Cl)c4)cc3)CO5)C(=O)O)cc2)cc1. The average molecular weight is 857 g/mol. The van der Waals surface area contributed by atoms with Crippen molar-refractivity contribution in [3.8, 4) is 34.4 Å². The first-order chi connectivity index (χ1) is 29.5. The number of carbonyl (C=O) groups is 3. The predicted molar refractivity (Wildman–Crippen MR) is 226 cm³/mol. The minimum Gasteiger partial charge on any atom is -0.489 e. The molecule has 2 amide bonds. The number of nitrogens with one attached hydrogen (secondary N) is 1. The summed E-state index contributed by atoms with van der Waals surface area (Å²) < 4.78 is 33.6. The van der Waals surface area contributed by atoms with Gasteiger partial charge >= 0.3 is 5.97 Å². The van der Waals surface area contributed by atoms with E-state index in [-0.39, 0.29) is 31.6 Å². The number of aliphatic carboxylic acids is 1. The Balaban J connectivity index is 0.987. The average Bonchev–Trinajstić information content (AvgIpc) is 3.28. The molecule has 10 nitrogen and oxygen atoms in total. The molecule has 2 aliphatic heterocycles. The summed E-state index contributed by atoms with van der Waals surface area (Å²) in [6, 6.07) is 35.7. The first kappa shape index (κ1) is 40.9. The Bertz CT molecular complexity index is 2670. The van der Waals surface area contributed by atoms with Crippen LogP contribution < -0.4 is 19.5 Å². The lowest BCUT2D eigenvalue weighted by molar-refractivity contribution is -0.142. The number of carboxylic acid groups (broad SMARTS) is 1. The molecule has 0 saturated carbocycles. The Labute approximate surface area is 360 Å². The summed E-state index contributed by atoms with van der Waals surface area (Å²) in [6.07, 6.45) is -0.488. The van der Waals surface area contributed by atoms with Crippen LogP contribution in [-0.2, 0) is 35.6 Å². The highest BCUT2D eigenvalue weighted by atomic mass is 35.5. The number of benzene rings is 6. The number of hydrogen-bond donors (Lipinski definition) is 2. The third kappa shape index (κ3) is 9.16. The number of amides is 2. The fourth-order valence-electron chi connectivity index (χ4n) is 7.40. The molecule has 0 spiro atoms. The molecule has 61 heavy (non-hydrogen) atoms. The fraction of sp³-hybridized carbons (Fsp3) is 0.167. The number of nitriles is 1. The maximum atomic E-state index is 15.1. The fourth-order valence-corrected chi connectivity index (χ4v) is 7.72. The summed E-state index contributed by atoms with van der Waals surface area (Å²) in [5.74, 6) is -1.89. The van der Waals surface area contributed by atoms with Crippen LogP contribution in [0.25, 0.3) is 11.1 Å². The standard InChI is InChI=1S/C48H36Cl2FN3O7/c49-38-18-9-30(19-39(38)50)26-59-36-16-14-33(15-17-36)45-27-60-43-22-34-21-42(54(25-35(34)23-44(43)61-45)47(56)37-3-1-2-4-40(37)51)46(55)53-41(48(57)58)20-28-5-10-31(11-6-28)32-12-7-29(24-52)8-13-32/h1-19,22-23,41-42,45H,20-21,25-27H2,(H,53,55)(H,57,58). The molecule has 0 bridgehead atoms. The number of carboxylic acids is 1. The highest BCUT2D eigenvalue weighted by Crippen LogP contribution is 2.41. The molecule has 306 valence electrons. The number of fused-ring (bicyclic) bond motifs is 2. The molecule has 6 aromatic carbocycles. The Hall–Kier alpha value is -6.87. The van der Waals surface area contributed by atoms with Crippen LogP contribution in [0.15, 0.2) is 127 Å². The molecule has 3 atom stereocenters. The lowest BCUT2D eigenvalue weighted by Crippen LogP contribution is -2.56. The van der Waals surface area contributed by atoms with Gasteiger partial charge in [0.2, 0.25) is 5.91 Å². The van der Waals surface area contributed by atoms with E-state index in [2.05, 4.69) is 11.4 Å². The van der Waals surface area contributed by atoms with E-state index in [0.29, 0.717) is 56.2 Å². The van der Waals surface area contributed by atoms with Crippen LogP contribution in [0.1, 0.15) is 49.8 Å². The van der Waals surface area contributed by atoms with Gasteiger partial charge in [0.1, 0.15) is 36.9 Å². The molecule has 6 aromatic rings. The van der Waals surface area contributed by atoms with E-state index in [4.69, 9.17) is 42.7 Å². The van der Waals surface area contributed by atoms with E-state index >= 15 is 4.39 Å². The van der Waals surface area contributed by atoms with Crippen LogP contribution in [0.3, 0.4) is 0 Å². The maximum Gasteiger partial charge on any atom is 0.326 e. The van der Waals surface area contributed by atoms with Crippen molar-refractivity contribution in [2.75, 3.05) is 6.61 Å². The van der Waals surface area contributed by atoms with E-state index in [9.17, 15) is 19.5 Å². The summed E-state index contributed by atoms with van der Waals surface area (Å²) in [6.45, 7) is 0.418. The Morgan fingerprint density at radius 2 is 1.54 bits per heavy atom. The third-order valence-corrected chi connectivity index (χ3v) is 11.5.